The first-order valence-electron chi connectivity index (χ1n) is 10.8. The highest BCUT2D eigenvalue weighted by Crippen LogP contribution is 2.50. The van der Waals surface area contributed by atoms with Crippen LogP contribution < -0.4 is 9.84 Å². The first-order chi connectivity index (χ1) is 17.0. The third kappa shape index (κ3) is 4.45. The van der Waals surface area contributed by atoms with E-state index >= 15 is 0 Å². The molecular formula is C27H19Cl2N2O3S-. The van der Waals surface area contributed by atoms with Crippen LogP contribution in [0.3, 0.4) is 0 Å². The van der Waals surface area contributed by atoms with E-state index in [1.54, 1.807) is 25.3 Å². The van der Waals surface area contributed by atoms with Crippen LogP contribution in [0.25, 0.3) is 4.91 Å². The average Bonchev–Trinajstić information content (AvgIpc) is 3.26. The Balaban J connectivity index is 1.70. The van der Waals surface area contributed by atoms with Crippen molar-refractivity contribution in [3.63, 3.8) is 0 Å². The van der Waals surface area contributed by atoms with Gasteiger partial charge >= 0.3 is 0 Å². The van der Waals surface area contributed by atoms with Gasteiger partial charge in [0.05, 0.1) is 34.9 Å². The molecule has 0 spiro atoms. The number of nitrogens with zero attached hydrogens (tertiary/aromatic N) is 2. The van der Waals surface area contributed by atoms with Gasteiger partial charge in [0, 0.05) is 34.2 Å². The fraction of sp³-hybridized carbons (Fsp3) is 0.111. The van der Waals surface area contributed by atoms with Gasteiger partial charge in [-0.1, -0.05) is 77.8 Å². The summed E-state index contributed by atoms with van der Waals surface area (Å²) in [4.78, 5) is 20.0. The lowest BCUT2D eigenvalue weighted by Crippen LogP contribution is -2.39. The fourth-order valence-electron chi connectivity index (χ4n) is 4.30. The van der Waals surface area contributed by atoms with E-state index in [1.165, 1.54) is 11.8 Å². The highest BCUT2D eigenvalue weighted by Gasteiger charge is 2.39. The second-order valence-electron chi connectivity index (χ2n) is 7.95. The van der Waals surface area contributed by atoms with Crippen molar-refractivity contribution in [3.05, 3.63) is 117 Å². The largest absolute Gasteiger partial charge is 0.545 e. The van der Waals surface area contributed by atoms with Gasteiger partial charge in [-0.05, 0) is 35.5 Å². The highest BCUT2D eigenvalue weighted by molar-refractivity contribution is 8.22. The third-order valence-electron chi connectivity index (χ3n) is 5.85. The van der Waals surface area contributed by atoms with Crippen molar-refractivity contribution < 1.29 is 14.6 Å². The van der Waals surface area contributed by atoms with E-state index in [4.69, 9.17) is 32.9 Å². The number of para-hydroxylation sites is 1. The SMILES string of the molecule is COc1ccccc1C1C(C(=O)[O-])=C(Cc2ccccc2)N=C2SC(c3c(Cl)cccc3Cl)=CN21. The van der Waals surface area contributed by atoms with E-state index < -0.39 is 12.0 Å². The standard InChI is InChI=1S/C27H20Cl2N2O3S/c1-34-21-13-6-5-10-17(21)25-24(26(32)33)20(14-16-8-3-2-4-9-16)30-27-31(25)15-22(35-27)23-18(28)11-7-12-19(23)29/h2-13,15,25H,14H2,1H3,(H,32,33)/p-1. The summed E-state index contributed by atoms with van der Waals surface area (Å²) in [6.07, 6.45) is 2.19. The van der Waals surface area contributed by atoms with E-state index in [1.807, 2.05) is 65.7 Å². The maximum absolute atomic E-state index is 12.6. The number of aliphatic imine (C=N–C) groups is 1. The van der Waals surface area contributed by atoms with Crippen molar-refractivity contribution in [3.8, 4) is 5.75 Å². The molecule has 2 heterocycles. The highest BCUT2D eigenvalue weighted by atomic mass is 35.5. The number of carboxylic acid groups (broad SMARTS) is 1. The summed E-state index contributed by atoms with van der Waals surface area (Å²) >= 11 is 14.4. The summed E-state index contributed by atoms with van der Waals surface area (Å²) in [6, 6.07) is 21.6. The minimum absolute atomic E-state index is 0.0884. The van der Waals surface area contributed by atoms with E-state index in [-0.39, 0.29) is 5.57 Å². The van der Waals surface area contributed by atoms with Gasteiger partial charge in [0.1, 0.15) is 5.75 Å². The van der Waals surface area contributed by atoms with Crippen LogP contribution in [0.4, 0.5) is 0 Å². The van der Waals surface area contributed by atoms with Gasteiger partial charge in [-0.15, -0.1) is 0 Å². The molecule has 3 aromatic rings. The second-order valence-corrected chi connectivity index (χ2v) is 9.77. The molecule has 0 amide bonds. The first kappa shape index (κ1) is 23.5. The summed E-state index contributed by atoms with van der Waals surface area (Å²) in [5.41, 5.74) is 2.84. The predicted octanol–water partition coefficient (Wildman–Crippen LogP) is 5.71. The topological polar surface area (TPSA) is 65.0 Å². The molecule has 176 valence electrons. The molecular weight excluding hydrogens is 503 g/mol. The molecule has 0 aliphatic carbocycles. The number of carbonyl (C=O) groups excluding carboxylic acids is 1. The molecule has 0 bridgehead atoms. The summed E-state index contributed by atoms with van der Waals surface area (Å²) in [7, 11) is 1.56. The number of methoxy groups -OCH3 is 1. The molecule has 0 saturated heterocycles. The molecule has 0 N–H and O–H groups in total. The number of carbonyl (C=O) groups is 1. The molecule has 5 nitrogen and oxygen atoms in total. The van der Waals surface area contributed by atoms with E-state index in [9.17, 15) is 9.90 Å². The predicted molar refractivity (Wildman–Crippen MR) is 139 cm³/mol. The van der Waals surface area contributed by atoms with Gasteiger partial charge in [0.25, 0.3) is 0 Å². The number of carboxylic acids is 1. The Bertz CT molecular complexity index is 1380. The van der Waals surface area contributed by atoms with Crippen molar-refractivity contribution in [1.82, 2.24) is 4.90 Å². The summed E-state index contributed by atoms with van der Waals surface area (Å²) in [5, 5.41) is 14.2. The quantitative estimate of drug-likeness (QED) is 0.415. The van der Waals surface area contributed by atoms with Crippen molar-refractivity contribution in [1.29, 1.82) is 0 Å². The Hall–Kier alpha value is -3.19. The molecule has 2 aliphatic heterocycles. The van der Waals surface area contributed by atoms with Crippen molar-refractivity contribution in [2.75, 3.05) is 7.11 Å². The Labute approximate surface area is 217 Å². The minimum atomic E-state index is -1.28. The van der Waals surface area contributed by atoms with Crippen LogP contribution in [-0.4, -0.2) is 23.1 Å². The molecule has 35 heavy (non-hydrogen) atoms. The number of hydrogen-bond acceptors (Lipinski definition) is 6. The van der Waals surface area contributed by atoms with Gasteiger partial charge in [0.15, 0.2) is 5.17 Å². The van der Waals surface area contributed by atoms with Gasteiger partial charge in [-0.2, -0.15) is 0 Å². The molecule has 8 heteroatoms. The van der Waals surface area contributed by atoms with E-state index in [0.717, 1.165) is 10.5 Å². The van der Waals surface area contributed by atoms with Crippen LogP contribution in [0.2, 0.25) is 10.0 Å². The van der Waals surface area contributed by atoms with Gasteiger partial charge in [-0.25, -0.2) is 4.99 Å². The van der Waals surface area contributed by atoms with Crippen molar-refractivity contribution >= 4 is 51.0 Å². The number of benzene rings is 3. The zero-order valence-corrected chi connectivity index (χ0v) is 20.9. The summed E-state index contributed by atoms with van der Waals surface area (Å²) < 4.78 is 5.61. The number of allylic oxidation sites excluding steroid dienone is 1. The number of thioether (sulfide) groups is 1. The molecule has 3 aromatic carbocycles. The molecule has 5 rings (SSSR count). The van der Waals surface area contributed by atoms with Crippen LogP contribution >= 0.6 is 35.0 Å². The van der Waals surface area contributed by atoms with E-state index in [2.05, 4.69) is 0 Å². The zero-order chi connectivity index (χ0) is 24.5. The number of amidine groups is 1. The third-order valence-corrected chi connectivity index (χ3v) is 7.49. The molecule has 0 aromatic heterocycles. The van der Waals surface area contributed by atoms with Gasteiger partial charge in [0.2, 0.25) is 0 Å². The first-order valence-corrected chi connectivity index (χ1v) is 12.4. The van der Waals surface area contributed by atoms with Crippen LogP contribution in [0.15, 0.2) is 95.3 Å². The van der Waals surface area contributed by atoms with E-state index in [0.29, 0.717) is 44.2 Å². The maximum atomic E-state index is 12.6. The Morgan fingerprint density at radius 1 is 1.03 bits per heavy atom. The molecule has 1 unspecified atom stereocenters. The average molecular weight is 522 g/mol. The lowest BCUT2D eigenvalue weighted by Gasteiger charge is -2.36. The number of rotatable bonds is 6. The lowest BCUT2D eigenvalue weighted by molar-refractivity contribution is -0.300. The molecule has 0 radical (unpaired) electrons. The zero-order valence-electron chi connectivity index (χ0n) is 18.6. The maximum Gasteiger partial charge on any atom is 0.173 e. The number of fused-ring (bicyclic) bond motifs is 1. The molecule has 0 saturated carbocycles. The van der Waals surface area contributed by atoms with Crippen molar-refractivity contribution in [2.45, 2.75) is 12.5 Å². The lowest BCUT2D eigenvalue weighted by atomic mass is 9.92. The summed E-state index contributed by atoms with van der Waals surface area (Å²) in [6.45, 7) is 0. The minimum Gasteiger partial charge on any atom is -0.545 e. The van der Waals surface area contributed by atoms with Crippen LogP contribution in [-0.2, 0) is 11.2 Å². The normalized spacial score (nSPS) is 17.1. The monoisotopic (exact) mass is 521 g/mol. The second kappa shape index (κ2) is 9.82. The number of halogens is 2. The van der Waals surface area contributed by atoms with Crippen LogP contribution in [0.5, 0.6) is 5.75 Å². The number of hydrogen-bond donors (Lipinski definition) is 0. The Morgan fingerprint density at radius 3 is 2.40 bits per heavy atom. The van der Waals surface area contributed by atoms with Crippen molar-refractivity contribution in [2.24, 2.45) is 4.99 Å². The molecule has 2 aliphatic rings. The Morgan fingerprint density at radius 2 is 1.71 bits per heavy atom. The molecule has 0 fully saturated rings. The summed E-state index contributed by atoms with van der Waals surface area (Å²) in [5.74, 6) is -0.712. The smallest absolute Gasteiger partial charge is 0.173 e. The van der Waals surface area contributed by atoms with Crippen LogP contribution in [0, 0.1) is 0 Å². The Kier molecular flexibility index (Phi) is 6.60. The number of aliphatic carboxylic acids is 1. The van der Waals surface area contributed by atoms with Gasteiger partial charge in [-0.3, -0.25) is 0 Å². The number of ether oxygens (including phenoxy) is 1. The van der Waals surface area contributed by atoms with Crippen LogP contribution in [0.1, 0.15) is 22.7 Å². The fourth-order valence-corrected chi connectivity index (χ4v) is 6.11. The van der Waals surface area contributed by atoms with Gasteiger partial charge < -0.3 is 19.5 Å². The molecule has 1 atom stereocenters.